The molecule has 1 saturated heterocycles. The first-order valence-electron chi connectivity index (χ1n) is 5.63. The molecule has 0 radical (unpaired) electrons. The van der Waals surface area contributed by atoms with Crippen molar-refractivity contribution >= 4 is 21.6 Å². The first-order valence-corrected chi connectivity index (χ1v) is 7.77. The van der Waals surface area contributed by atoms with Crippen molar-refractivity contribution in [3.63, 3.8) is 0 Å². The van der Waals surface area contributed by atoms with Crippen LogP contribution in [0.1, 0.15) is 19.3 Å². The van der Waals surface area contributed by atoms with E-state index in [0.717, 1.165) is 12.8 Å². The van der Waals surface area contributed by atoms with Crippen molar-refractivity contribution in [2.45, 2.75) is 19.3 Å². The van der Waals surface area contributed by atoms with Crippen LogP contribution in [0, 0.1) is 5.92 Å². The molecule has 0 N–H and O–H groups in total. The Hall–Kier alpha value is 0.160. The lowest BCUT2D eigenvalue weighted by Crippen LogP contribution is -2.42. The topological polar surface area (TPSA) is 46.6 Å². The average molecular weight is 270 g/mol. The average Bonchev–Trinajstić information content (AvgIpc) is 2.27. The Morgan fingerprint density at radius 3 is 2.88 bits per heavy atom. The molecule has 0 bridgehead atoms. The van der Waals surface area contributed by atoms with Crippen LogP contribution in [0.25, 0.3) is 0 Å². The van der Waals surface area contributed by atoms with Crippen molar-refractivity contribution in [1.82, 2.24) is 4.31 Å². The number of methoxy groups -OCH3 is 1. The zero-order chi connectivity index (χ0) is 12.0. The third-order valence-corrected chi connectivity index (χ3v) is 5.00. The van der Waals surface area contributed by atoms with Gasteiger partial charge in [0, 0.05) is 26.1 Å². The lowest BCUT2D eigenvalue weighted by Gasteiger charge is -2.31. The van der Waals surface area contributed by atoms with E-state index in [0.29, 0.717) is 37.9 Å². The molecule has 0 aromatic carbocycles. The summed E-state index contributed by atoms with van der Waals surface area (Å²) in [4.78, 5) is 0. The van der Waals surface area contributed by atoms with Crippen LogP contribution in [0.3, 0.4) is 0 Å². The molecule has 6 heteroatoms. The van der Waals surface area contributed by atoms with E-state index in [9.17, 15) is 8.42 Å². The number of piperidine rings is 1. The maximum absolute atomic E-state index is 11.9. The molecule has 96 valence electrons. The standard InChI is InChI=1S/C10H20ClNO3S/c1-15-9-10-4-2-6-12(8-10)16(13,14)7-3-5-11/h10H,2-9H2,1H3. The first-order chi connectivity index (χ1) is 7.60. The second-order valence-corrected chi connectivity index (χ2v) is 6.65. The maximum Gasteiger partial charge on any atom is 0.214 e. The molecule has 1 aliphatic heterocycles. The van der Waals surface area contributed by atoms with Crippen molar-refractivity contribution in [3.8, 4) is 0 Å². The molecule has 1 aliphatic rings. The molecule has 1 heterocycles. The van der Waals surface area contributed by atoms with Gasteiger partial charge < -0.3 is 4.74 Å². The van der Waals surface area contributed by atoms with E-state index in [2.05, 4.69) is 0 Å². The molecule has 1 atom stereocenters. The molecule has 0 aromatic rings. The Labute approximate surface area is 103 Å². The van der Waals surface area contributed by atoms with Gasteiger partial charge in [-0.05, 0) is 25.2 Å². The molecule has 0 aliphatic carbocycles. The molecule has 4 nitrogen and oxygen atoms in total. The Balaban J connectivity index is 2.52. The molecule has 16 heavy (non-hydrogen) atoms. The molecule has 1 unspecified atom stereocenters. The third-order valence-electron chi connectivity index (χ3n) is 2.81. The van der Waals surface area contributed by atoms with Crippen LogP contribution in [0.4, 0.5) is 0 Å². The first kappa shape index (κ1) is 14.2. The maximum atomic E-state index is 11.9. The fourth-order valence-corrected chi connectivity index (χ4v) is 3.92. The smallest absolute Gasteiger partial charge is 0.214 e. The highest BCUT2D eigenvalue weighted by molar-refractivity contribution is 7.89. The molecule has 0 amide bonds. The number of halogens is 1. The minimum absolute atomic E-state index is 0.163. The summed E-state index contributed by atoms with van der Waals surface area (Å²) in [5.41, 5.74) is 0. The van der Waals surface area contributed by atoms with Crippen molar-refractivity contribution in [1.29, 1.82) is 0 Å². The summed E-state index contributed by atoms with van der Waals surface area (Å²) < 4.78 is 30.5. The minimum atomic E-state index is -3.10. The number of rotatable bonds is 6. The SMILES string of the molecule is COCC1CCCN(S(=O)(=O)CCCCl)C1. The summed E-state index contributed by atoms with van der Waals surface area (Å²) in [6.45, 7) is 1.88. The van der Waals surface area contributed by atoms with E-state index in [1.54, 1.807) is 11.4 Å². The lowest BCUT2D eigenvalue weighted by molar-refractivity contribution is 0.118. The van der Waals surface area contributed by atoms with Crippen molar-refractivity contribution in [2.75, 3.05) is 38.4 Å². The molecule has 1 rings (SSSR count). The van der Waals surface area contributed by atoms with Crippen LogP contribution in [0.15, 0.2) is 0 Å². The van der Waals surface area contributed by atoms with Gasteiger partial charge in [0.1, 0.15) is 0 Å². The van der Waals surface area contributed by atoms with E-state index in [-0.39, 0.29) is 5.75 Å². The largest absolute Gasteiger partial charge is 0.384 e. The summed E-state index contributed by atoms with van der Waals surface area (Å²) in [5.74, 6) is 0.898. The molecule has 0 aromatic heterocycles. The Morgan fingerprint density at radius 2 is 2.25 bits per heavy atom. The van der Waals surface area contributed by atoms with Crippen molar-refractivity contribution < 1.29 is 13.2 Å². The Bertz CT molecular complexity index is 292. The van der Waals surface area contributed by atoms with Gasteiger partial charge in [-0.2, -0.15) is 0 Å². The fourth-order valence-electron chi connectivity index (χ4n) is 2.02. The number of nitrogens with zero attached hydrogens (tertiary/aromatic N) is 1. The van der Waals surface area contributed by atoms with Gasteiger partial charge in [-0.25, -0.2) is 12.7 Å². The van der Waals surface area contributed by atoms with Crippen LogP contribution in [0.2, 0.25) is 0 Å². The monoisotopic (exact) mass is 269 g/mol. The van der Waals surface area contributed by atoms with Crippen LogP contribution in [-0.2, 0) is 14.8 Å². The van der Waals surface area contributed by atoms with E-state index >= 15 is 0 Å². The van der Waals surface area contributed by atoms with E-state index in [1.807, 2.05) is 0 Å². The Kier molecular flexibility index (Phi) is 6.03. The predicted octanol–water partition coefficient (Wildman–Crippen LogP) is 1.30. The lowest BCUT2D eigenvalue weighted by atomic mass is 10.0. The molecule has 0 saturated carbocycles. The second kappa shape index (κ2) is 6.79. The summed E-state index contributed by atoms with van der Waals surface area (Å²) in [5, 5.41) is 0. The highest BCUT2D eigenvalue weighted by Gasteiger charge is 2.28. The number of sulfonamides is 1. The van der Waals surface area contributed by atoms with Gasteiger partial charge in [-0.1, -0.05) is 0 Å². The van der Waals surface area contributed by atoms with Crippen LogP contribution in [-0.4, -0.2) is 51.2 Å². The molecular weight excluding hydrogens is 250 g/mol. The van der Waals surface area contributed by atoms with Crippen molar-refractivity contribution in [2.24, 2.45) is 5.92 Å². The minimum Gasteiger partial charge on any atom is -0.384 e. The Morgan fingerprint density at radius 1 is 1.50 bits per heavy atom. The van der Waals surface area contributed by atoms with Gasteiger partial charge in [0.25, 0.3) is 0 Å². The van der Waals surface area contributed by atoms with Gasteiger partial charge in [-0.3, -0.25) is 0 Å². The van der Waals surface area contributed by atoms with Gasteiger partial charge in [0.15, 0.2) is 0 Å². The predicted molar refractivity (Wildman–Crippen MR) is 65.3 cm³/mol. The molecular formula is C10H20ClNO3S. The van der Waals surface area contributed by atoms with Crippen LogP contribution >= 0.6 is 11.6 Å². The van der Waals surface area contributed by atoms with Crippen LogP contribution < -0.4 is 0 Å². The van der Waals surface area contributed by atoms with Crippen molar-refractivity contribution in [3.05, 3.63) is 0 Å². The van der Waals surface area contributed by atoms with Gasteiger partial charge in [0.05, 0.1) is 12.4 Å². The summed E-state index contributed by atoms with van der Waals surface area (Å²) in [7, 11) is -1.45. The molecule has 1 fully saturated rings. The van der Waals surface area contributed by atoms with E-state index in [1.165, 1.54) is 0 Å². The fraction of sp³-hybridized carbons (Fsp3) is 1.00. The highest BCUT2D eigenvalue weighted by Crippen LogP contribution is 2.19. The second-order valence-electron chi connectivity index (χ2n) is 4.18. The third kappa shape index (κ3) is 4.20. The zero-order valence-corrected chi connectivity index (χ0v) is 11.3. The number of hydrogen-bond donors (Lipinski definition) is 0. The summed E-state index contributed by atoms with van der Waals surface area (Å²) >= 11 is 5.52. The quantitative estimate of drug-likeness (QED) is 0.683. The van der Waals surface area contributed by atoms with Gasteiger partial charge in [0.2, 0.25) is 10.0 Å². The van der Waals surface area contributed by atoms with Gasteiger partial charge in [-0.15, -0.1) is 11.6 Å². The van der Waals surface area contributed by atoms with Gasteiger partial charge >= 0.3 is 0 Å². The van der Waals surface area contributed by atoms with E-state index in [4.69, 9.17) is 16.3 Å². The normalized spacial score (nSPS) is 23.5. The number of alkyl halides is 1. The van der Waals surface area contributed by atoms with E-state index < -0.39 is 10.0 Å². The zero-order valence-electron chi connectivity index (χ0n) is 9.69. The molecule has 0 spiro atoms. The summed E-state index contributed by atoms with van der Waals surface area (Å²) in [6, 6.07) is 0. The summed E-state index contributed by atoms with van der Waals surface area (Å²) in [6.07, 6.45) is 2.50. The highest BCUT2D eigenvalue weighted by atomic mass is 35.5. The van der Waals surface area contributed by atoms with Crippen LogP contribution in [0.5, 0.6) is 0 Å². The number of ether oxygens (including phenoxy) is 1. The number of hydrogen-bond acceptors (Lipinski definition) is 3.